The Hall–Kier alpha value is -1.48. The van der Waals surface area contributed by atoms with Crippen molar-refractivity contribution in [2.45, 2.75) is 33.7 Å². The molecule has 110 valence electrons. The van der Waals surface area contributed by atoms with Gasteiger partial charge in [0.15, 0.2) is 0 Å². The van der Waals surface area contributed by atoms with Gasteiger partial charge in [-0.05, 0) is 36.6 Å². The third-order valence-electron chi connectivity index (χ3n) is 3.14. The number of hydrogen-bond donors (Lipinski definition) is 0. The highest BCUT2D eigenvalue weighted by Crippen LogP contribution is 2.22. The summed E-state index contributed by atoms with van der Waals surface area (Å²) in [4.78, 5) is 0. The molecule has 0 saturated heterocycles. The van der Waals surface area contributed by atoms with Crippen LogP contribution in [0.3, 0.4) is 0 Å². The summed E-state index contributed by atoms with van der Waals surface area (Å²) in [5.74, 6) is 1.54. The topological polar surface area (TPSA) is 23.4 Å². The van der Waals surface area contributed by atoms with Crippen molar-refractivity contribution in [1.82, 2.24) is 4.57 Å². The number of benzene rings is 1. The van der Waals surface area contributed by atoms with E-state index < -0.39 is 0 Å². The highest BCUT2D eigenvalue weighted by atomic mass is 16.5. The molecule has 0 amide bonds. The summed E-state index contributed by atoms with van der Waals surface area (Å²) < 4.78 is 13.5. The van der Waals surface area contributed by atoms with E-state index in [-0.39, 0.29) is 0 Å². The number of fused-ring (bicyclic) bond motifs is 1. The Bertz CT molecular complexity index is 531. The summed E-state index contributed by atoms with van der Waals surface area (Å²) >= 11 is 0. The van der Waals surface area contributed by atoms with Gasteiger partial charge in [-0.1, -0.05) is 20.8 Å². The molecule has 0 spiro atoms. The smallest absolute Gasteiger partial charge is 0.120 e. The first-order chi connectivity index (χ1) is 9.70. The van der Waals surface area contributed by atoms with Gasteiger partial charge in [-0.2, -0.15) is 0 Å². The number of rotatable bonds is 8. The van der Waals surface area contributed by atoms with E-state index in [1.54, 1.807) is 0 Å². The maximum atomic E-state index is 5.66. The highest BCUT2D eigenvalue weighted by molar-refractivity contribution is 5.81. The van der Waals surface area contributed by atoms with Crippen LogP contribution < -0.4 is 4.74 Å². The zero-order valence-corrected chi connectivity index (χ0v) is 12.8. The van der Waals surface area contributed by atoms with E-state index >= 15 is 0 Å². The van der Waals surface area contributed by atoms with Crippen LogP contribution in [-0.2, 0) is 11.3 Å². The molecule has 0 radical (unpaired) electrons. The summed E-state index contributed by atoms with van der Waals surface area (Å²) in [6.07, 6.45) is 3.15. The average molecular weight is 275 g/mol. The molecule has 0 aliphatic heterocycles. The Kier molecular flexibility index (Phi) is 5.48. The van der Waals surface area contributed by atoms with Crippen molar-refractivity contribution in [2.75, 3.05) is 19.8 Å². The second kappa shape index (κ2) is 7.34. The second-order valence-electron chi connectivity index (χ2n) is 5.55. The van der Waals surface area contributed by atoms with Crippen molar-refractivity contribution >= 4 is 10.9 Å². The molecule has 0 atom stereocenters. The molecule has 20 heavy (non-hydrogen) atoms. The molecular weight excluding hydrogens is 250 g/mol. The fraction of sp³-hybridized carbons (Fsp3) is 0.529. The monoisotopic (exact) mass is 275 g/mol. The largest absolute Gasteiger partial charge is 0.494 e. The van der Waals surface area contributed by atoms with Gasteiger partial charge in [0, 0.05) is 30.3 Å². The lowest BCUT2D eigenvalue weighted by atomic mass is 10.2. The van der Waals surface area contributed by atoms with Crippen molar-refractivity contribution < 1.29 is 9.47 Å². The molecule has 2 rings (SSSR count). The minimum absolute atomic E-state index is 0.592. The maximum Gasteiger partial charge on any atom is 0.120 e. The van der Waals surface area contributed by atoms with Gasteiger partial charge in [0.2, 0.25) is 0 Å². The lowest BCUT2D eigenvalue weighted by Gasteiger charge is -2.09. The fourth-order valence-corrected chi connectivity index (χ4v) is 2.16. The molecule has 3 heteroatoms. The molecule has 3 nitrogen and oxygen atoms in total. The van der Waals surface area contributed by atoms with Gasteiger partial charge in [0.05, 0.1) is 13.2 Å². The number of hydrogen-bond acceptors (Lipinski definition) is 2. The van der Waals surface area contributed by atoms with Gasteiger partial charge in [-0.25, -0.2) is 0 Å². The average Bonchev–Trinajstić information content (AvgIpc) is 2.83. The Morgan fingerprint density at radius 3 is 2.75 bits per heavy atom. The summed E-state index contributed by atoms with van der Waals surface area (Å²) in [7, 11) is 0. The van der Waals surface area contributed by atoms with Crippen molar-refractivity contribution in [1.29, 1.82) is 0 Å². The molecule has 1 aromatic carbocycles. The Morgan fingerprint density at radius 1 is 1.15 bits per heavy atom. The van der Waals surface area contributed by atoms with E-state index in [1.165, 1.54) is 10.9 Å². The molecule has 1 aromatic heterocycles. The molecule has 0 saturated carbocycles. The molecule has 0 fully saturated rings. The molecule has 0 N–H and O–H groups in total. The summed E-state index contributed by atoms with van der Waals surface area (Å²) in [5.41, 5.74) is 1.24. The minimum Gasteiger partial charge on any atom is -0.494 e. The fourth-order valence-electron chi connectivity index (χ4n) is 2.16. The number of ether oxygens (including phenoxy) is 2. The van der Waals surface area contributed by atoms with Gasteiger partial charge in [-0.15, -0.1) is 0 Å². The zero-order valence-electron chi connectivity index (χ0n) is 12.8. The predicted molar refractivity (Wildman–Crippen MR) is 83.4 cm³/mol. The molecule has 0 bridgehead atoms. The quantitative estimate of drug-likeness (QED) is 0.677. The summed E-state index contributed by atoms with van der Waals surface area (Å²) in [5, 5.41) is 1.22. The van der Waals surface area contributed by atoms with Gasteiger partial charge in [-0.3, -0.25) is 0 Å². The van der Waals surface area contributed by atoms with E-state index in [0.29, 0.717) is 5.92 Å². The number of aromatic nitrogens is 1. The van der Waals surface area contributed by atoms with Crippen molar-refractivity contribution in [3.05, 3.63) is 30.5 Å². The molecular formula is C17H25NO2. The lowest BCUT2D eigenvalue weighted by Crippen LogP contribution is -2.08. The third-order valence-corrected chi connectivity index (χ3v) is 3.14. The Balaban J connectivity index is 1.97. The van der Waals surface area contributed by atoms with Crippen LogP contribution in [-0.4, -0.2) is 24.4 Å². The van der Waals surface area contributed by atoms with Gasteiger partial charge in [0.1, 0.15) is 5.75 Å². The highest BCUT2D eigenvalue weighted by Gasteiger charge is 2.03. The Labute approximate surface area is 121 Å². The number of nitrogens with zero attached hydrogens (tertiary/aromatic N) is 1. The van der Waals surface area contributed by atoms with E-state index in [1.807, 2.05) is 6.07 Å². The van der Waals surface area contributed by atoms with Gasteiger partial charge >= 0.3 is 0 Å². The second-order valence-corrected chi connectivity index (χ2v) is 5.55. The molecule has 0 unspecified atom stereocenters. The van der Waals surface area contributed by atoms with Crippen LogP contribution >= 0.6 is 0 Å². The first kappa shape index (κ1) is 14.9. The van der Waals surface area contributed by atoms with Crippen LogP contribution in [0.4, 0.5) is 0 Å². The van der Waals surface area contributed by atoms with Crippen molar-refractivity contribution in [3.8, 4) is 5.75 Å². The van der Waals surface area contributed by atoms with E-state index in [2.05, 4.69) is 49.7 Å². The third kappa shape index (κ3) is 4.01. The standard InChI is InChI=1S/C17H25NO2/c1-4-10-20-16-5-6-17-15(12-16)7-8-18(17)9-11-19-13-14(2)3/h5-8,12,14H,4,9-11,13H2,1-3H3. The van der Waals surface area contributed by atoms with E-state index in [0.717, 1.165) is 38.5 Å². The normalized spacial score (nSPS) is 11.4. The van der Waals surface area contributed by atoms with E-state index in [4.69, 9.17) is 9.47 Å². The Morgan fingerprint density at radius 2 is 2.00 bits per heavy atom. The molecule has 1 heterocycles. The molecule has 2 aromatic rings. The van der Waals surface area contributed by atoms with Crippen molar-refractivity contribution in [2.24, 2.45) is 5.92 Å². The van der Waals surface area contributed by atoms with Crippen LogP contribution in [0.5, 0.6) is 5.75 Å². The van der Waals surface area contributed by atoms with Crippen LogP contribution in [0.25, 0.3) is 10.9 Å². The first-order valence-electron chi connectivity index (χ1n) is 7.50. The summed E-state index contributed by atoms with van der Waals surface area (Å²) in [6.45, 7) is 9.71. The molecule has 0 aliphatic rings. The summed E-state index contributed by atoms with van der Waals surface area (Å²) in [6, 6.07) is 8.42. The van der Waals surface area contributed by atoms with Crippen LogP contribution in [0.2, 0.25) is 0 Å². The molecule has 0 aliphatic carbocycles. The van der Waals surface area contributed by atoms with Crippen LogP contribution in [0, 0.1) is 5.92 Å². The predicted octanol–water partition coefficient (Wildman–Crippen LogP) is 4.10. The van der Waals surface area contributed by atoms with E-state index in [9.17, 15) is 0 Å². The van der Waals surface area contributed by atoms with Crippen LogP contribution in [0.15, 0.2) is 30.5 Å². The van der Waals surface area contributed by atoms with Crippen LogP contribution in [0.1, 0.15) is 27.2 Å². The SMILES string of the molecule is CCCOc1ccc2c(ccn2CCOCC(C)C)c1. The maximum absolute atomic E-state index is 5.66. The van der Waals surface area contributed by atoms with Gasteiger partial charge in [0.25, 0.3) is 0 Å². The minimum atomic E-state index is 0.592. The lowest BCUT2D eigenvalue weighted by molar-refractivity contribution is 0.104. The zero-order chi connectivity index (χ0) is 14.4. The first-order valence-corrected chi connectivity index (χ1v) is 7.50. The van der Waals surface area contributed by atoms with Crippen molar-refractivity contribution in [3.63, 3.8) is 0 Å². The van der Waals surface area contributed by atoms with Gasteiger partial charge < -0.3 is 14.0 Å².